The SMILES string of the molecule is CCCN(Cc1cccc(N)c1)C(=O)C1OCCC1C. The Bertz CT molecular complexity index is 462. The minimum Gasteiger partial charge on any atom is -0.399 e. The Morgan fingerprint density at radius 3 is 2.90 bits per heavy atom. The first kappa shape index (κ1) is 14.9. The molecule has 0 spiro atoms. The zero-order chi connectivity index (χ0) is 14.5. The van der Waals surface area contributed by atoms with E-state index in [1.54, 1.807) is 0 Å². The third-order valence-corrected chi connectivity index (χ3v) is 3.76. The zero-order valence-electron chi connectivity index (χ0n) is 12.3. The molecule has 2 atom stereocenters. The Balaban J connectivity index is 2.08. The summed E-state index contributed by atoms with van der Waals surface area (Å²) in [5, 5.41) is 0. The van der Waals surface area contributed by atoms with Crippen molar-refractivity contribution in [2.75, 3.05) is 18.9 Å². The fourth-order valence-corrected chi connectivity index (χ4v) is 2.64. The van der Waals surface area contributed by atoms with Crippen LogP contribution in [0.25, 0.3) is 0 Å². The van der Waals surface area contributed by atoms with E-state index < -0.39 is 0 Å². The van der Waals surface area contributed by atoms with Crippen molar-refractivity contribution in [3.8, 4) is 0 Å². The molecule has 20 heavy (non-hydrogen) atoms. The van der Waals surface area contributed by atoms with Crippen molar-refractivity contribution in [3.63, 3.8) is 0 Å². The number of rotatable bonds is 5. The summed E-state index contributed by atoms with van der Waals surface area (Å²) in [6, 6.07) is 7.71. The van der Waals surface area contributed by atoms with Gasteiger partial charge in [0.1, 0.15) is 6.10 Å². The Morgan fingerprint density at radius 2 is 2.30 bits per heavy atom. The van der Waals surface area contributed by atoms with Crippen molar-refractivity contribution >= 4 is 11.6 Å². The summed E-state index contributed by atoms with van der Waals surface area (Å²) < 4.78 is 5.60. The van der Waals surface area contributed by atoms with Gasteiger partial charge in [0.05, 0.1) is 0 Å². The number of hydrogen-bond acceptors (Lipinski definition) is 3. The number of hydrogen-bond donors (Lipinski definition) is 1. The van der Waals surface area contributed by atoms with E-state index in [1.807, 2.05) is 29.2 Å². The summed E-state index contributed by atoms with van der Waals surface area (Å²) in [4.78, 5) is 14.5. The topological polar surface area (TPSA) is 55.6 Å². The van der Waals surface area contributed by atoms with Crippen molar-refractivity contribution in [2.24, 2.45) is 5.92 Å². The predicted octanol–water partition coefficient (Wildman–Crippen LogP) is 2.43. The fraction of sp³-hybridized carbons (Fsp3) is 0.562. The second kappa shape index (κ2) is 6.75. The third kappa shape index (κ3) is 3.51. The number of anilines is 1. The number of carbonyl (C=O) groups excluding carboxylic acids is 1. The maximum Gasteiger partial charge on any atom is 0.252 e. The molecule has 1 saturated heterocycles. The zero-order valence-corrected chi connectivity index (χ0v) is 12.3. The molecule has 1 aliphatic rings. The Kier molecular flexibility index (Phi) is 5.01. The van der Waals surface area contributed by atoms with Crippen LogP contribution in [0, 0.1) is 5.92 Å². The highest BCUT2D eigenvalue weighted by molar-refractivity contribution is 5.81. The van der Waals surface area contributed by atoms with Gasteiger partial charge in [0.15, 0.2) is 0 Å². The molecule has 1 heterocycles. The summed E-state index contributed by atoms with van der Waals surface area (Å²) in [7, 11) is 0. The van der Waals surface area contributed by atoms with Crippen LogP contribution in [-0.2, 0) is 16.1 Å². The van der Waals surface area contributed by atoms with Crippen molar-refractivity contribution in [3.05, 3.63) is 29.8 Å². The lowest BCUT2D eigenvalue weighted by molar-refractivity contribution is -0.143. The van der Waals surface area contributed by atoms with Crippen LogP contribution in [0.2, 0.25) is 0 Å². The smallest absolute Gasteiger partial charge is 0.252 e. The van der Waals surface area contributed by atoms with Crippen LogP contribution in [0.3, 0.4) is 0 Å². The summed E-state index contributed by atoms with van der Waals surface area (Å²) in [6.45, 7) is 6.21. The molecule has 0 bridgehead atoms. The molecule has 1 aromatic carbocycles. The second-order valence-electron chi connectivity index (χ2n) is 5.56. The molecule has 1 amide bonds. The summed E-state index contributed by atoms with van der Waals surface area (Å²) in [5.74, 6) is 0.418. The molecule has 0 saturated carbocycles. The molecule has 2 rings (SSSR count). The molecule has 2 unspecified atom stereocenters. The first-order chi connectivity index (χ1) is 9.61. The average molecular weight is 276 g/mol. The minimum absolute atomic E-state index is 0.110. The van der Waals surface area contributed by atoms with Crippen LogP contribution in [0.15, 0.2) is 24.3 Å². The van der Waals surface area contributed by atoms with Crippen LogP contribution in [0.5, 0.6) is 0 Å². The van der Waals surface area contributed by atoms with E-state index in [0.717, 1.165) is 30.6 Å². The predicted molar refractivity (Wildman–Crippen MR) is 80.1 cm³/mol. The molecule has 1 aliphatic heterocycles. The first-order valence-corrected chi connectivity index (χ1v) is 7.36. The monoisotopic (exact) mass is 276 g/mol. The highest BCUT2D eigenvalue weighted by Crippen LogP contribution is 2.23. The lowest BCUT2D eigenvalue weighted by Gasteiger charge is -2.26. The molecule has 110 valence electrons. The number of nitrogens with zero attached hydrogens (tertiary/aromatic N) is 1. The van der Waals surface area contributed by atoms with E-state index in [0.29, 0.717) is 19.1 Å². The van der Waals surface area contributed by atoms with Gasteiger partial charge in [-0.3, -0.25) is 4.79 Å². The van der Waals surface area contributed by atoms with Crippen LogP contribution in [-0.4, -0.2) is 30.1 Å². The molecule has 0 aromatic heterocycles. The average Bonchev–Trinajstić information content (AvgIpc) is 2.84. The van der Waals surface area contributed by atoms with Gasteiger partial charge < -0.3 is 15.4 Å². The number of ether oxygens (including phenoxy) is 1. The quantitative estimate of drug-likeness (QED) is 0.840. The van der Waals surface area contributed by atoms with E-state index in [1.165, 1.54) is 0 Å². The van der Waals surface area contributed by atoms with E-state index in [2.05, 4.69) is 13.8 Å². The number of benzene rings is 1. The Labute approximate surface area is 120 Å². The first-order valence-electron chi connectivity index (χ1n) is 7.36. The number of amides is 1. The molecule has 0 aliphatic carbocycles. The maximum absolute atomic E-state index is 12.6. The van der Waals surface area contributed by atoms with E-state index in [9.17, 15) is 4.79 Å². The van der Waals surface area contributed by atoms with Gasteiger partial charge in [0, 0.05) is 25.4 Å². The standard InChI is InChI=1S/C16H24N2O2/c1-3-8-18(11-13-5-4-6-14(17)10-13)16(19)15-12(2)7-9-20-15/h4-6,10,12,15H,3,7-9,11,17H2,1-2H3. The maximum atomic E-state index is 12.6. The molecular formula is C16H24N2O2. The van der Waals surface area contributed by atoms with Crippen molar-refractivity contribution in [1.82, 2.24) is 4.90 Å². The van der Waals surface area contributed by atoms with Gasteiger partial charge in [-0.1, -0.05) is 26.0 Å². The molecular weight excluding hydrogens is 252 g/mol. The Hall–Kier alpha value is -1.55. The molecule has 0 radical (unpaired) electrons. The normalized spacial score (nSPS) is 21.9. The minimum atomic E-state index is -0.275. The molecule has 2 N–H and O–H groups in total. The molecule has 1 fully saturated rings. The second-order valence-corrected chi connectivity index (χ2v) is 5.56. The fourth-order valence-electron chi connectivity index (χ4n) is 2.64. The van der Waals surface area contributed by atoms with Gasteiger partial charge in [-0.15, -0.1) is 0 Å². The van der Waals surface area contributed by atoms with Gasteiger partial charge in [-0.2, -0.15) is 0 Å². The lowest BCUT2D eigenvalue weighted by atomic mass is 10.0. The summed E-state index contributed by atoms with van der Waals surface area (Å²) in [6.07, 6.45) is 1.63. The van der Waals surface area contributed by atoms with Crippen LogP contribution in [0.4, 0.5) is 5.69 Å². The largest absolute Gasteiger partial charge is 0.399 e. The number of carbonyl (C=O) groups is 1. The third-order valence-electron chi connectivity index (χ3n) is 3.76. The summed E-state index contributed by atoms with van der Waals surface area (Å²) >= 11 is 0. The van der Waals surface area contributed by atoms with Crippen molar-refractivity contribution in [2.45, 2.75) is 39.3 Å². The van der Waals surface area contributed by atoms with Gasteiger partial charge in [0.25, 0.3) is 5.91 Å². The number of nitrogens with two attached hydrogens (primary N) is 1. The van der Waals surface area contributed by atoms with E-state index >= 15 is 0 Å². The van der Waals surface area contributed by atoms with Crippen LogP contribution in [0.1, 0.15) is 32.3 Å². The van der Waals surface area contributed by atoms with E-state index in [-0.39, 0.29) is 12.0 Å². The van der Waals surface area contributed by atoms with Gasteiger partial charge in [-0.25, -0.2) is 0 Å². The number of nitrogen functional groups attached to an aromatic ring is 1. The summed E-state index contributed by atoms with van der Waals surface area (Å²) in [5.41, 5.74) is 7.60. The van der Waals surface area contributed by atoms with Crippen LogP contribution >= 0.6 is 0 Å². The van der Waals surface area contributed by atoms with E-state index in [4.69, 9.17) is 10.5 Å². The van der Waals surface area contributed by atoms with Gasteiger partial charge >= 0.3 is 0 Å². The van der Waals surface area contributed by atoms with Crippen LogP contribution < -0.4 is 5.73 Å². The highest BCUT2D eigenvalue weighted by Gasteiger charge is 2.33. The van der Waals surface area contributed by atoms with Crippen molar-refractivity contribution < 1.29 is 9.53 Å². The molecule has 1 aromatic rings. The molecule has 4 heteroatoms. The van der Waals surface area contributed by atoms with Gasteiger partial charge in [0.2, 0.25) is 0 Å². The molecule has 4 nitrogen and oxygen atoms in total. The Morgan fingerprint density at radius 1 is 1.50 bits per heavy atom. The van der Waals surface area contributed by atoms with Crippen molar-refractivity contribution in [1.29, 1.82) is 0 Å². The highest BCUT2D eigenvalue weighted by atomic mass is 16.5. The lowest BCUT2D eigenvalue weighted by Crippen LogP contribution is -2.41. The van der Waals surface area contributed by atoms with Gasteiger partial charge in [-0.05, 0) is 36.5 Å².